The number of hydrogen-bond donors (Lipinski definition) is 2. The van der Waals surface area contributed by atoms with Crippen molar-refractivity contribution in [2.45, 2.75) is 25.8 Å². The summed E-state index contributed by atoms with van der Waals surface area (Å²) in [7, 11) is 0. The zero-order chi connectivity index (χ0) is 13.2. The molecule has 1 aromatic rings. The minimum atomic E-state index is -0.286. The number of nitrogens with two attached hydrogens (primary N) is 1. The molecule has 18 heavy (non-hydrogen) atoms. The van der Waals surface area contributed by atoms with E-state index < -0.39 is 0 Å². The van der Waals surface area contributed by atoms with Gasteiger partial charge in [-0.15, -0.1) is 4.65 Å². The van der Waals surface area contributed by atoms with Gasteiger partial charge >= 0.3 is 0 Å². The highest BCUT2D eigenvalue weighted by Crippen LogP contribution is 2.40. The predicted molar refractivity (Wildman–Crippen MR) is 71.4 cm³/mol. The van der Waals surface area contributed by atoms with Crippen LogP contribution in [0.3, 0.4) is 0 Å². The standard InChI is InChI=1S/C14H18N3O/c1-11(16)9-12-10-17(18,8-4-7-15)14-6-3-2-5-13(12)14/h2-3,5-6,10-11,18H,4,8-9,16H2,1H3/q+1/t11-,17?/m1/s1. The first-order valence-corrected chi connectivity index (χ1v) is 6.11. The Morgan fingerprint density at radius 1 is 1.44 bits per heavy atom. The molecule has 0 fully saturated rings. The van der Waals surface area contributed by atoms with E-state index in [0.29, 0.717) is 13.0 Å². The Balaban J connectivity index is 2.39. The zero-order valence-electron chi connectivity index (χ0n) is 10.5. The summed E-state index contributed by atoms with van der Waals surface area (Å²) in [5.41, 5.74) is 8.77. The van der Waals surface area contributed by atoms with Crippen molar-refractivity contribution in [1.82, 2.24) is 4.65 Å². The molecule has 4 nitrogen and oxygen atoms in total. The van der Waals surface area contributed by atoms with Crippen LogP contribution < -0.4 is 10.4 Å². The molecular weight excluding hydrogens is 226 g/mol. The highest BCUT2D eigenvalue weighted by Gasteiger charge is 2.37. The Kier molecular flexibility index (Phi) is 3.48. The van der Waals surface area contributed by atoms with Crippen molar-refractivity contribution in [3.63, 3.8) is 0 Å². The molecule has 0 amide bonds. The number of fused-ring (bicyclic) bond motifs is 1. The first kappa shape index (κ1) is 12.8. The first-order valence-electron chi connectivity index (χ1n) is 6.11. The van der Waals surface area contributed by atoms with Gasteiger partial charge in [-0.2, -0.15) is 5.26 Å². The van der Waals surface area contributed by atoms with Gasteiger partial charge in [0.25, 0.3) is 0 Å². The van der Waals surface area contributed by atoms with Gasteiger partial charge in [-0.1, -0.05) is 12.1 Å². The summed E-state index contributed by atoms with van der Waals surface area (Å²) < 4.78 is -0.286. The quantitative estimate of drug-likeness (QED) is 0.799. The molecule has 0 aliphatic carbocycles. The number of quaternary nitrogens is 1. The van der Waals surface area contributed by atoms with Crippen LogP contribution in [-0.2, 0) is 0 Å². The molecule has 0 saturated carbocycles. The number of nitriles is 1. The highest BCUT2D eigenvalue weighted by atomic mass is 16.5. The minimum absolute atomic E-state index is 0.0480. The van der Waals surface area contributed by atoms with Gasteiger partial charge in [0.05, 0.1) is 12.5 Å². The van der Waals surface area contributed by atoms with Crippen molar-refractivity contribution in [2.75, 3.05) is 6.54 Å². The summed E-state index contributed by atoms with van der Waals surface area (Å²) in [4.78, 5) is 0. The van der Waals surface area contributed by atoms with E-state index in [9.17, 15) is 5.21 Å². The monoisotopic (exact) mass is 244 g/mol. The molecule has 1 aliphatic heterocycles. The lowest BCUT2D eigenvalue weighted by atomic mass is 10.0. The molecule has 3 N–H and O–H groups in total. The van der Waals surface area contributed by atoms with Crippen LogP contribution in [0.5, 0.6) is 0 Å². The van der Waals surface area contributed by atoms with Crippen LogP contribution in [0.1, 0.15) is 25.3 Å². The van der Waals surface area contributed by atoms with E-state index in [1.165, 1.54) is 0 Å². The number of hydrogen-bond acceptors (Lipinski definition) is 3. The molecule has 1 heterocycles. The number of hydroxylamine groups is 2. The molecule has 4 heteroatoms. The van der Waals surface area contributed by atoms with Gasteiger partial charge in [0.15, 0.2) is 5.69 Å². The van der Waals surface area contributed by atoms with Crippen molar-refractivity contribution in [2.24, 2.45) is 5.73 Å². The predicted octanol–water partition coefficient (Wildman–Crippen LogP) is 2.39. The van der Waals surface area contributed by atoms with E-state index in [0.717, 1.165) is 23.2 Å². The van der Waals surface area contributed by atoms with Crippen molar-refractivity contribution < 1.29 is 5.21 Å². The minimum Gasteiger partial charge on any atom is -0.328 e. The van der Waals surface area contributed by atoms with Crippen molar-refractivity contribution in [3.8, 4) is 6.07 Å². The summed E-state index contributed by atoms with van der Waals surface area (Å²) in [6, 6.07) is 9.87. The molecule has 0 radical (unpaired) electrons. The maximum Gasteiger partial charge on any atom is 0.177 e. The third-order valence-corrected chi connectivity index (χ3v) is 3.14. The topological polar surface area (TPSA) is 70.0 Å². The molecule has 1 unspecified atom stereocenters. The Morgan fingerprint density at radius 3 is 2.83 bits per heavy atom. The normalized spacial score (nSPS) is 23.1. The Bertz CT molecular complexity index is 516. The number of benzene rings is 1. The molecule has 0 saturated heterocycles. The summed E-state index contributed by atoms with van der Waals surface area (Å²) in [6.45, 7) is 2.32. The fraction of sp³-hybridized carbons (Fsp3) is 0.357. The molecule has 2 atom stereocenters. The fourth-order valence-electron chi connectivity index (χ4n) is 2.39. The molecular formula is C14H18N3O+. The number of nitrogens with zero attached hydrogens (tertiary/aromatic N) is 2. The lowest BCUT2D eigenvalue weighted by molar-refractivity contribution is -0.0266. The fourth-order valence-corrected chi connectivity index (χ4v) is 2.39. The molecule has 0 bridgehead atoms. The van der Waals surface area contributed by atoms with Crippen molar-refractivity contribution >= 4 is 11.3 Å². The lowest BCUT2D eigenvalue weighted by Gasteiger charge is -2.21. The van der Waals surface area contributed by atoms with Crippen LogP contribution >= 0.6 is 0 Å². The van der Waals surface area contributed by atoms with E-state index >= 15 is 0 Å². The Labute approximate surface area is 107 Å². The van der Waals surface area contributed by atoms with Crippen LogP contribution in [0.25, 0.3) is 5.57 Å². The average molecular weight is 244 g/mol. The maximum absolute atomic E-state index is 10.6. The summed E-state index contributed by atoms with van der Waals surface area (Å²) in [5.74, 6) is 0. The van der Waals surface area contributed by atoms with E-state index in [-0.39, 0.29) is 10.7 Å². The van der Waals surface area contributed by atoms with Crippen LogP contribution in [0.4, 0.5) is 5.69 Å². The van der Waals surface area contributed by atoms with Crippen LogP contribution in [0.15, 0.2) is 30.5 Å². The third kappa shape index (κ3) is 2.29. The Morgan fingerprint density at radius 2 is 2.17 bits per heavy atom. The van der Waals surface area contributed by atoms with Gasteiger partial charge in [0.1, 0.15) is 12.7 Å². The second-order valence-corrected chi connectivity index (χ2v) is 4.81. The second-order valence-electron chi connectivity index (χ2n) is 4.81. The largest absolute Gasteiger partial charge is 0.328 e. The zero-order valence-corrected chi connectivity index (χ0v) is 10.5. The van der Waals surface area contributed by atoms with Crippen molar-refractivity contribution in [3.05, 3.63) is 36.0 Å². The molecule has 0 spiro atoms. The summed E-state index contributed by atoms with van der Waals surface area (Å²) in [6.07, 6.45) is 2.85. The lowest BCUT2D eigenvalue weighted by Crippen LogP contribution is -2.39. The van der Waals surface area contributed by atoms with Gasteiger partial charge < -0.3 is 5.73 Å². The van der Waals surface area contributed by atoms with E-state index in [1.807, 2.05) is 37.4 Å². The molecule has 1 aliphatic rings. The highest BCUT2D eigenvalue weighted by molar-refractivity contribution is 5.81. The molecule has 2 rings (SSSR count). The van der Waals surface area contributed by atoms with E-state index in [1.54, 1.807) is 0 Å². The molecule has 0 aromatic heterocycles. The van der Waals surface area contributed by atoms with E-state index in [4.69, 9.17) is 11.0 Å². The van der Waals surface area contributed by atoms with Crippen LogP contribution in [0, 0.1) is 11.3 Å². The van der Waals surface area contributed by atoms with Gasteiger partial charge in [-0.05, 0) is 19.4 Å². The van der Waals surface area contributed by atoms with E-state index in [2.05, 4.69) is 6.07 Å². The third-order valence-electron chi connectivity index (χ3n) is 3.14. The number of para-hydroxylation sites is 1. The SMILES string of the molecule is C[C@@H](N)CC1=C[N+](O)(CCC#N)c2ccccc21. The molecule has 1 aromatic carbocycles. The van der Waals surface area contributed by atoms with Gasteiger partial charge in [-0.3, -0.25) is 0 Å². The van der Waals surface area contributed by atoms with Gasteiger partial charge in [-0.25, -0.2) is 5.21 Å². The second kappa shape index (κ2) is 4.91. The molecule has 94 valence electrons. The van der Waals surface area contributed by atoms with Crippen LogP contribution in [-0.4, -0.2) is 17.8 Å². The smallest absolute Gasteiger partial charge is 0.177 e. The maximum atomic E-state index is 10.6. The summed E-state index contributed by atoms with van der Waals surface area (Å²) >= 11 is 0. The number of rotatable bonds is 4. The Hall–Kier alpha value is -1.67. The summed E-state index contributed by atoms with van der Waals surface area (Å²) in [5, 5.41) is 19.3. The average Bonchev–Trinajstić information content (AvgIpc) is 2.61. The first-order chi connectivity index (χ1) is 8.57. The van der Waals surface area contributed by atoms with Crippen LogP contribution in [0.2, 0.25) is 0 Å². The van der Waals surface area contributed by atoms with Gasteiger partial charge in [0.2, 0.25) is 0 Å². The van der Waals surface area contributed by atoms with Gasteiger partial charge in [0, 0.05) is 23.2 Å². The van der Waals surface area contributed by atoms with Crippen molar-refractivity contribution in [1.29, 1.82) is 5.26 Å².